The summed E-state index contributed by atoms with van der Waals surface area (Å²) in [5.74, 6) is 0. The van der Waals surface area contributed by atoms with E-state index in [0.29, 0.717) is 19.1 Å². The van der Waals surface area contributed by atoms with Gasteiger partial charge in [0.25, 0.3) is 0 Å². The van der Waals surface area contributed by atoms with E-state index in [4.69, 9.17) is 15.7 Å². The molecule has 3 heteroatoms. The molecular weight excluding hydrogens is 176 g/mol. The van der Waals surface area contributed by atoms with Crippen molar-refractivity contribution in [1.29, 1.82) is 5.26 Å². The average Bonchev–Trinajstić information content (AvgIpc) is 2.19. The number of nitriles is 1. The van der Waals surface area contributed by atoms with Crippen molar-refractivity contribution in [1.82, 2.24) is 0 Å². The average molecular weight is 196 g/mol. The smallest absolute Gasteiger partial charge is 0.103 e. The van der Waals surface area contributed by atoms with Gasteiger partial charge in [-0.15, -0.1) is 0 Å². The molecule has 1 aliphatic rings. The molecule has 80 valence electrons. The number of hydrogen-bond acceptors (Lipinski definition) is 3. The minimum absolute atomic E-state index is 0.415. The van der Waals surface area contributed by atoms with Crippen molar-refractivity contribution in [2.45, 2.75) is 57.1 Å². The highest BCUT2D eigenvalue weighted by Crippen LogP contribution is 2.20. The summed E-state index contributed by atoms with van der Waals surface area (Å²) in [5, 5.41) is 8.70. The van der Waals surface area contributed by atoms with Crippen molar-refractivity contribution in [3.8, 4) is 6.07 Å². The van der Waals surface area contributed by atoms with Crippen LogP contribution < -0.4 is 5.73 Å². The molecule has 2 N–H and O–H groups in total. The van der Waals surface area contributed by atoms with E-state index < -0.39 is 5.54 Å². The fourth-order valence-corrected chi connectivity index (χ4v) is 1.73. The van der Waals surface area contributed by atoms with Gasteiger partial charge in [-0.25, -0.2) is 0 Å². The summed E-state index contributed by atoms with van der Waals surface area (Å²) < 4.78 is 5.69. The van der Waals surface area contributed by atoms with E-state index in [1.54, 1.807) is 6.92 Å². The highest BCUT2D eigenvalue weighted by Gasteiger charge is 2.19. The van der Waals surface area contributed by atoms with Gasteiger partial charge in [-0.1, -0.05) is 19.3 Å². The lowest BCUT2D eigenvalue weighted by Crippen LogP contribution is -2.36. The molecule has 1 aliphatic carbocycles. The molecule has 1 unspecified atom stereocenters. The van der Waals surface area contributed by atoms with E-state index in [-0.39, 0.29) is 0 Å². The summed E-state index contributed by atoms with van der Waals surface area (Å²) in [4.78, 5) is 0. The molecule has 1 saturated carbocycles. The van der Waals surface area contributed by atoms with Crippen molar-refractivity contribution < 1.29 is 4.74 Å². The Labute approximate surface area is 86.2 Å². The van der Waals surface area contributed by atoms with E-state index in [9.17, 15) is 0 Å². The summed E-state index contributed by atoms with van der Waals surface area (Å²) in [6.07, 6.45) is 7.29. The zero-order valence-electron chi connectivity index (χ0n) is 8.96. The van der Waals surface area contributed by atoms with E-state index in [0.717, 1.165) is 0 Å². The summed E-state index contributed by atoms with van der Waals surface area (Å²) >= 11 is 0. The summed E-state index contributed by atoms with van der Waals surface area (Å²) in [7, 11) is 0. The minimum atomic E-state index is -0.728. The van der Waals surface area contributed by atoms with Gasteiger partial charge in [0, 0.05) is 13.0 Å². The topological polar surface area (TPSA) is 59.0 Å². The molecule has 1 atom stereocenters. The molecule has 14 heavy (non-hydrogen) atoms. The third kappa shape index (κ3) is 4.08. The van der Waals surface area contributed by atoms with Crippen LogP contribution in [0.15, 0.2) is 0 Å². The van der Waals surface area contributed by atoms with Crippen LogP contribution in [0.2, 0.25) is 0 Å². The molecule has 0 bridgehead atoms. The third-order valence-corrected chi connectivity index (χ3v) is 2.78. The molecule has 0 spiro atoms. The molecule has 0 aromatic rings. The Kier molecular flexibility index (Phi) is 4.37. The number of hydrogen-bond donors (Lipinski definition) is 1. The Morgan fingerprint density at radius 3 is 2.64 bits per heavy atom. The lowest BCUT2D eigenvalue weighted by atomic mass is 9.97. The van der Waals surface area contributed by atoms with E-state index in [1.165, 1.54) is 32.1 Å². The van der Waals surface area contributed by atoms with Crippen LogP contribution in [0.3, 0.4) is 0 Å². The maximum Gasteiger partial charge on any atom is 0.103 e. The van der Waals surface area contributed by atoms with Gasteiger partial charge in [-0.3, -0.25) is 0 Å². The molecule has 0 aromatic carbocycles. The second kappa shape index (κ2) is 5.33. The molecule has 0 radical (unpaired) electrons. The van der Waals surface area contributed by atoms with Crippen LogP contribution in [-0.4, -0.2) is 18.2 Å². The predicted molar refractivity (Wildman–Crippen MR) is 55.6 cm³/mol. The molecule has 0 saturated heterocycles. The van der Waals surface area contributed by atoms with E-state index in [1.807, 2.05) is 0 Å². The standard InChI is InChI=1S/C11H20N2O/c1-11(13,9-12)7-8-14-10-5-3-2-4-6-10/h10H,2-8,13H2,1H3. The number of nitrogens with zero attached hydrogens (tertiary/aromatic N) is 1. The fraction of sp³-hybridized carbons (Fsp3) is 0.909. The first-order valence-electron chi connectivity index (χ1n) is 5.46. The quantitative estimate of drug-likeness (QED) is 0.747. The highest BCUT2D eigenvalue weighted by molar-refractivity contribution is 5.00. The van der Waals surface area contributed by atoms with Crippen molar-refractivity contribution in [2.24, 2.45) is 5.73 Å². The first-order valence-corrected chi connectivity index (χ1v) is 5.46. The number of ether oxygens (including phenoxy) is 1. The van der Waals surface area contributed by atoms with E-state index >= 15 is 0 Å². The minimum Gasteiger partial charge on any atom is -0.378 e. The zero-order chi connectivity index (χ0) is 10.4. The maximum absolute atomic E-state index is 8.70. The molecule has 1 rings (SSSR count). The first kappa shape index (κ1) is 11.5. The monoisotopic (exact) mass is 196 g/mol. The maximum atomic E-state index is 8.70. The van der Waals surface area contributed by atoms with Gasteiger partial charge < -0.3 is 10.5 Å². The Morgan fingerprint density at radius 1 is 1.43 bits per heavy atom. The normalized spacial score (nSPS) is 22.6. The van der Waals surface area contributed by atoms with Crippen molar-refractivity contribution in [2.75, 3.05) is 6.61 Å². The molecule has 1 fully saturated rings. The largest absolute Gasteiger partial charge is 0.378 e. The molecule has 0 aliphatic heterocycles. The van der Waals surface area contributed by atoms with Crippen molar-refractivity contribution in [3.05, 3.63) is 0 Å². The number of nitrogens with two attached hydrogens (primary N) is 1. The van der Waals surface area contributed by atoms with E-state index in [2.05, 4.69) is 6.07 Å². The zero-order valence-corrected chi connectivity index (χ0v) is 8.96. The lowest BCUT2D eigenvalue weighted by Gasteiger charge is -2.23. The summed E-state index contributed by atoms with van der Waals surface area (Å²) in [5.41, 5.74) is 4.96. The van der Waals surface area contributed by atoms with Gasteiger partial charge in [0.1, 0.15) is 5.54 Å². The Hall–Kier alpha value is -0.590. The first-order chi connectivity index (χ1) is 6.64. The number of rotatable bonds is 4. The van der Waals surface area contributed by atoms with Crippen LogP contribution in [0, 0.1) is 11.3 Å². The SMILES string of the molecule is CC(N)(C#N)CCOC1CCCCC1. The van der Waals surface area contributed by atoms with Crippen LogP contribution in [0.1, 0.15) is 45.4 Å². The molecule has 0 heterocycles. The van der Waals surface area contributed by atoms with Crippen molar-refractivity contribution in [3.63, 3.8) is 0 Å². The summed E-state index contributed by atoms with van der Waals surface area (Å²) in [6.45, 7) is 2.36. The van der Waals surface area contributed by atoms with Crippen LogP contribution in [-0.2, 0) is 4.74 Å². The van der Waals surface area contributed by atoms with Crippen molar-refractivity contribution >= 4 is 0 Å². The molecular formula is C11H20N2O. The fourth-order valence-electron chi connectivity index (χ4n) is 1.73. The molecule has 0 aromatic heterocycles. The highest BCUT2D eigenvalue weighted by atomic mass is 16.5. The summed E-state index contributed by atoms with van der Waals surface area (Å²) in [6, 6.07) is 2.08. The Balaban J connectivity index is 2.12. The van der Waals surface area contributed by atoms with Gasteiger partial charge in [0.2, 0.25) is 0 Å². The van der Waals surface area contributed by atoms with Crippen LogP contribution in [0.5, 0.6) is 0 Å². The second-order valence-corrected chi connectivity index (χ2v) is 4.41. The van der Waals surface area contributed by atoms with Crippen LogP contribution in [0.4, 0.5) is 0 Å². The lowest BCUT2D eigenvalue weighted by molar-refractivity contribution is 0.0228. The van der Waals surface area contributed by atoms with Gasteiger partial charge >= 0.3 is 0 Å². The third-order valence-electron chi connectivity index (χ3n) is 2.78. The van der Waals surface area contributed by atoms with Gasteiger partial charge in [0.05, 0.1) is 12.2 Å². The van der Waals surface area contributed by atoms with Gasteiger partial charge in [-0.2, -0.15) is 5.26 Å². The molecule has 3 nitrogen and oxygen atoms in total. The molecule has 0 amide bonds. The van der Waals surface area contributed by atoms with Crippen LogP contribution >= 0.6 is 0 Å². The predicted octanol–water partition coefficient (Wildman–Crippen LogP) is 1.97. The van der Waals surface area contributed by atoms with Crippen LogP contribution in [0.25, 0.3) is 0 Å². The second-order valence-electron chi connectivity index (χ2n) is 4.41. The Bertz CT molecular complexity index is 202. The van der Waals surface area contributed by atoms with Gasteiger partial charge in [0.15, 0.2) is 0 Å². The van der Waals surface area contributed by atoms with Gasteiger partial charge in [-0.05, 0) is 19.8 Å². The Morgan fingerprint density at radius 2 is 2.07 bits per heavy atom.